The molecule has 0 N–H and O–H groups in total. The van der Waals surface area contributed by atoms with Crippen LogP contribution in [-0.4, -0.2) is 64.4 Å². The molecule has 19 aromatic rings. The summed E-state index contributed by atoms with van der Waals surface area (Å²) < 4.78 is 98.2. The predicted octanol–water partition coefficient (Wildman–Crippen LogP) is 24.9. The highest BCUT2D eigenvalue weighted by Crippen LogP contribution is 2.55. The van der Waals surface area contributed by atoms with Gasteiger partial charge in [-0.05, 0) is 87.5 Å². The summed E-state index contributed by atoms with van der Waals surface area (Å²) in [6.07, 6.45) is -10.6. The lowest BCUT2D eigenvalue weighted by Gasteiger charge is -2.25. The molecule has 1 aliphatic rings. The summed E-state index contributed by atoms with van der Waals surface area (Å²) in [6, 6.07) is 103. The summed E-state index contributed by atoms with van der Waals surface area (Å²) in [5, 5.41) is 1.26. The second-order valence-electron chi connectivity index (χ2n) is 28.8. The Kier molecular flexibility index (Phi) is 18.2. The lowest BCUT2D eigenvalue weighted by Crippen LogP contribution is -2.13. The molecule has 0 fully saturated rings. The van der Waals surface area contributed by atoms with Crippen LogP contribution in [0.2, 0.25) is 0 Å². The van der Waals surface area contributed by atoms with E-state index in [4.69, 9.17) is 59.8 Å². The minimum absolute atomic E-state index is 0.0577. The van der Waals surface area contributed by atoms with Crippen molar-refractivity contribution in [2.45, 2.75) is 18.3 Å². The van der Waals surface area contributed by atoms with Crippen molar-refractivity contribution in [2.75, 3.05) is 0 Å². The van der Waals surface area contributed by atoms with E-state index >= 15 is 26.3 Å². The van der Waals surface area contributed by atoms with Gasteiger partial charge in [0.1, 0.15) is 0 Å². The molecular weight excluding hydrogens is 1510 g/mol. The van der Waals surface area contributed by atoms with Crippen LogP contribution >= 0.6 is 0 Å². The average molecular weight is 1570 g/mol. The fourth-order valence-electron chi connectivity index (χ4n) is 15.7. The Bertz CT molecular complexity index is 6650. The molecule has 0 saturated heterocycles. The molecule has 0 amide bonds. The van der Waals surface area contributed by atoms with Crippen molar-refractivity contribution in [1.82, 2.24) is 64.4 Å². The Labute approximate surface area is 682 Å². The van der Waals surface area contributed by atoms with Gasteiger partial charge in [0, 0.05) is 83.5 Å². The number of fused-ring (bicyclic) bond motifs is 6. The van der Waals surface area contributed by atoms with E-state index in [2.05, 4.69) is 4.85 Å². The second kappa shape index (κ2) is 30.0. The van der Waals surface area contributed by atoms with Crippen LogP contribution in [0.4, 0.5) is 32.0 Å². The highest BCUT2D eigenvalue weighted by atomic mass is 19.4. The minimum atomic E-state index is -5.42. The van der Waals surface area contributed by atoms with E-state index in [-0.39, 0.29) is 51.9 Å². The SMILES string of the molecule is [C-]#[N+]c1cc(C2c3cc(-c4nc(-c5ccccc5)nc(-c5ccccc5)n4)ccc3-c3ccc(-c4nc(-c5ccccc5)nc(-c5ccccc5)n4)cc32)c(-c2ccc(C(F)(F)F)cc2C(F)(F)F)cc1-n1c2cc(-c3nc(-c4ccccc4)nc(-c4ccccc4)n3)ccc2c2ccc(-c3nc(-c4ccccc4)nc(-c4ccccc4)n3)cc21. The molecule has 0 unspecified atom stereocenters. The van der Waals surface area contributed by atoms with Gasteiger partial charge in [0.2, 0.25) is 5.69 Å². The van der Waals surface area contributed by atoms with Gasteiger partial charge in [-0.25, -0.2) is 64.7 Å². The van der Waals surface area contributed by atoms with Crippen LogP contribution < -0.4 is 0 Å². The van der Waals surface area contributed by atoms with E-state index in [1.54, 1.807) is 6.07 Å². The topological polar surface area (TPSA) is 164 Å². The van der Waals surface area contributed by atoms with Crippen molar-refractivity contribution in [1.29, 1.82) is 0 Å². The van der Waals surface area contributed by atoms with Crippen molar-refractivity contribution >= 4 is 27.5 Å². The van der Waals surface area contributed by atoms with Crippen LogP contribution in [0.5, 0.6) is 0 Å². The number of hydrogen-bond donors (Lipinski definition) is 0. The van der Waals surface area contributed by atoms with E-state index in [1.165, 1.54) is 6.07 Å². The number of halogens is 6. The minimum Gasteiger partial charge on any atom is -0.319 e. The van der Waals surface area contributed by atoms with Gasteiger partial charge in [-0.15, -0.1) is 0 Å². The highest BCUT2D eigenvalue weighted by molar-refractivity contribution is 6.12. The van der Waals surface area contributed by atoms with E-state index in [9.17, 15) is 6.57 Å². The fraction of sp³-hybridized carbons (Fsp3) is 0.0300. The van der Waals surface area contributed by atoms with Gasteiger partial charge in [0.05, 0.1) is 34.4 Å². The molecule has 14 nitrogen and oxygen atoms in total. The summed E-state index contributed by atoms with van der Waals surface area (Å²) in [5.41, 5.74) is 7.09. The van der Waals surface area contributed by atoms with Crippen molar-refractivity contribution in [3.05, 3.63) is 385 Å². The zero-order valence-electron chi connectivity index (χ0n) is 63.0. The van der Waals surface area contributed by atoms with Gasteiger partial charge in [0.15, 0.2) is 69.9 Å². The van der Waals surface area contributed by atoms with Crippen LogP contribution in [0.25, 0.3) is 191 Å². The quantitative estimate of drug-likeness (QED) is 0.0706. The number of aromatic nitrogens is 13. The van der Waals surface area contributed by atoms with E-state index in [0.29, 0.717) is 163 Å². The molecule has 120 heavy (non-hydrogen) atoms. The van der Waals surface area contributed by atoms with Crippen molar-refractivity contribution < 1.29 is 26.3 Å². The van der Waals surface area contributed by atoms with Crippen molar-refractivity contribution in [2.24, 2.45) is 0 Å². The Hall–Kier alpha value is -16.0. The van der Waals surface area contributed by atoms with Gasteiger partial charge in [0.25, 0.3) is 0 Å². The van der Waals surface area contributed by atoms with E-state index < -0.39 is 35.0 Å². The largest absolute Gasteiger partial charge is 0.417 e. The van der Waals surface area contributed by atoms with Gasteiger partial charge >= 0.3 is 12.4 Å². The van der Waals surface area contributed by atoms with Crippen LogP contribution in [0, 0.1) is 6.57 Å². The third-order valence-corrected chi connectivity index (χ3v) is 21.4. The lowest BCUT2D eigenvalue weighted by atomic mass is 9.81. The first-order chi connectivity index (χ1) is 58.7. The number of benzene rings is 14. The molecule has 5 heterocycles. The van der Waals surface area contributed by atoms with Gasteiger partial charge in [-0.3, -0.25) is 0 Å². The van der Waals surface area contributed by atoms with E-state index in [1.807, 2.05) is 320 Å². The summed E-state index contributed by atoms with van der Waals surface area (Å²) in [5.74, 6) is 2.84. The molecule has 5 aromatic heterocycles. The molecule has 20 heteroatoms. The van der Waals surface area contributed by atoms with Gasteiger partial charge in [-0.2, -0.15) is 26.3 Å². The third-order valence-electron chi connectivity index (χ3n) is 21.4. The zero-order valence-corrected chi connectivity index (χ0v) is 63.0. The molecule has 0 spiro atoms. The summed E-state index contributed by atoms with van der Waals surface area (Å²) >= 11 is 0. The van der Waals surface area contributed by atoms with Crippen molar-refractivity contribution in [3.8, 4) is 165 Å². The molecule has 0 atom stereocenters. The molecule has 570 valence electrons. The standard InChI is InChI=1S/C100H58F6N14/c1-107-82-57-80(86-78-52-67(95-112-87(59-26-10-2-11-27-59)108-88(113-95)60-28-12-3-13-29-60)42-47-72(78)73-48-43-68(53-79(73)86)96-114-89(61-30-14-4-15-31-61)109-90(115-96)62-32-16-5-17-33-62)77(74-51-46-71(99(101,102)103)56-81(74)100(104,105)106)58-85(82)120-83-54-69(97-116-91(63-34-18-6-19-35-63)110-92(117-97)64-36-20-7-21-37-64)44-49-75(83)76-50-45-70(55-84(76)120)98-118-93(65-38-22-8-23-39-65)111-94(119-98)66-40-24-9-25-41-66/h2-58,86H. The highest BCUT2D eigenvalue weighted by Gasteiger charge is 2.41. The predicted molar refractivity (Wildman–Crippen MR) is 454 cm³/mol. The Morgan fingerprint density at radius 3 is 0.775 bits per heavy atom. The molecule has 0 aliphatic heterocycles. The summed E-state index contributed by atoms with van der Waals surface area (Å²) in [4.78, 5) is 65.4. The number of nitrogens with zero attached hydrogens (tertiary/aromatic N) is 14. The van der Waals surface area contributed by atoms with Crippen molar-refractivity contribution in [3.63, 3.8) is 0 Å². The Morgan fingerprint density at radius 1 is 0.242 bits per heavy atom. The van der Waals surface area contributed by atoms with Gasteiger partial charge < -0.3 is 4.57 Å². The van der Waals surface area contributed by atoms with Gasteiger partial charge in [-0.1, -0.05) is 297 Å². The average Bonchev–Trinajstić information content (AvgIpc) is 1.27. The van der Waals surface area contributed by atoms with Crippen LogP contribution in [0.15, 0.2) is 346 Å². The fourth-order valence-corrected chi connectivity index (χ4v) is 15.7. The maximum Gasteiger partial charge on any atom is 0.417 e. The molecular formula is C100H58F6N14. The molecule has 14 aromatic carbocycles. The normalized spacial score (nSPS) is 12.0. The first-order valence-electron chi connectivity index (χ1n) is 38.4. The maximum absolute atomic E-state index is 16.8. The summed E-state index contributed by atoms with van der Waals surface area (Å²) in [7, 11) is 0. The Balaban J connectivity index is 0.880. The Morgan fingerprint density at radius 2 is 0.500 bits per heavy atom. The molecule has 0 saturated carbocycles. The van der Waals surface area contributed by atoms with Crippen LogP contribution in [0.1, 0.15) is 33.7 Å². The second-order valence-corrected chi connectivity index (χ2v) is 28.8. The zero-order chi connectivity index (χ0) is 81.2. The maximum atomic E-state index is 16.8. The summed E-state index contributed by atoms with van der Waals surface area (Å²) in [6.45, 7) is 9.61. The molecule has 0 radical (unpaired) electrons. The monoisotopic (exact) mass is 1570 g/mol. The number of alkyl halides is 6. The number of hydrogen-bond acceptors (Lipinski definition) is 12. The first kappa shape index (κ1) is 72.9. The molecule has 1 aliphatic carbocycles. The lowest BCUT2D eigenvalue weighted by molar-refractivity contribution is -0.142. The van der Waals surface area contributed by atoms with Crippen LogP contribution in [-0.2, 0) is 12.4 Å². The van der Waals surface area contributed by atoms with Crippen LogP contribution in [0.3, 0.4) is 0 Å². The molecule has 20 rings (SSSR count). The molecule has 0 bridgehead atoms. The third kappa shape index (κ3) is 13.8. The first-order valence-corrected chi connectivity index (χ1v) is 38.4. The number of rotatable bonds is 15. The van der Waals surface area contributed by atoms with E-state index in [0.717, 1.165) is 6.07 Å². The smallest absolute Gasteiger partial charge is 0.319 e.